The van der Waals surface area contributed by atoms with Crippen molar-refractivity contribution in [2.75, 3.05) is 17.0 Å². The zero-order chi connectivity index (χ0) is 14.0. The van der Waals surface area contributed by atoms with E-state index < -0.39 is 21.8 Å². The summed E-state index contributed by atoms with van der Waals surface area (Å²) in [6.07, 6.45) is -4.54. The molecule has 9 heteroatoms. The minimum atomic E-state index is -4.54. The lowest BCUT2D eigenvalue weighted by molar-refractivity contribution is -0.137. The van der Waals surface area contributed by atoms with E-state index in [0.29, 0.717) is 0 Å². The fourth-order valence-electron chi connectivity index (χ4n) is 1.20. The predicted molar refractivity (Wildman–Crippen MR) is 65.6 cm³/mol. The summed E-state index contributed by atoms with van der Waals surface area (Å²) in [7, 11) is -3.73. The molecule has 3 N–H and O–H groups in total. The Morgan fingerprint density at radius 1 is 1.28 bits per heavy atom. The van der Waals surface area contributed by atoms with Crippen LogP contribution in [0.2, 0.25) is 0 Å². The van der Waals surface area contributed by atoms with E-state index in [-0.39, 0.29) is 22.5 Å². The molecule has 0 radical (unpaired) electrons. The normalized spacial score (nSPS) is 12.5. The summed E-state index contributed by atoms with van der Waals surface area (Å²) in [6.45, 7) is -0.116. The van der Waals surface area contributed by atoms with Gasteiger partial charge in [-0.1, -0.05) is 15.9 Å². The van der Waals surface area contributed by atoms with Gasteiger partial charge in [0.05, 0.1) is 17.0 Å². The van der Waals surface area contributed by atoms with E-state index in [1.807, 2.05) is 4.72 Å². The Morgan fingerprint density at radius 3 is 2.39 bits per heavy atom. The highest BCUT2D eigenvalue weighted by Gasteiger charge is 2.31. The van der Waals surface area contributed by atoms with Gasteiger partial charge in [-0.2, -0.15) is 13.2 Å². The van der Waals surface area contributed by atoms with E-state index >= 15 is 0 Å². The lowest BCUT2D eigenvalue weighted by atomic mass is 10.2. The number of nitrogens with one attached hydrogen (secondary N) is 1. The summed E-state index contributed by atoms with van der Waals surface area (Å²) in [5, 5.41) is 0. The van der Waals surface area contributed by atoms with Gasteiger partial charge < -0.3 is 5.73 Å². The van der Waals surface area contributed by atoms with Gasteiger partial charge in [0, 0.05) is 11.0 Å². The van der Waals surface area contributed by atoms with Crippen LogP contribution in [-0.2, 0) is 16.2 Å². The maximum atomic E-state index is 12.5. The summed E-state index contributed by atoms with van der Waals surface area (Å²) in [5.41, 5.74) is 3.98. The fourth-order valence-corrected chi connectivity index (χ4v) is 2.58. The molecule has 18 heavy (non-hydrogen) atoms. The van der Waals surface area contributed by atoms with Crippen molar-refractivity contribution in [1.82, 2.24) is 0 Å². The molecule has 0 aromatic heterocycles. The number of sulfonamides is 1. The molecule has 0 spiro atoms. The molecule has 0 unspecified atom stereocenters. The molecule has 0 amide bonds. The van der Waals surface area contributed by atoms with Crippen LogP contribution in [0.3, 0.4) is 0 Å². The lowest BCUT2D eigenvalue weighted by Crippen LogP contribution is -2.22. The molecule has 0 aliphatic rings. The maximum Gasteiger partial charge on any atom is 0.416 e. The average molecular weight is 347 g/mol. The summed E-state index contributed by atoms with van der Waals surface area (Å²) in [6, 6.07) is 2.82. The van der Waals surface area contributed by atoms with Gasteiger partial charge in [0.15, 0.2) is 0 Å². The zero-order valence-electron chi connectivity index (χ0n) is 8.96. The van der Waals surface area contributed by atoms with E-state index in [9.17, 15) is 21.6 Å². The molecule has 4 nitrogen and oxygen atoms in total. The van der Waals surface area contributed by atoms with E-state index in [1.54, 1.807) is 0 Å². The van der Waals surface area contributed by atoms with Gasteiger partial charge in [0.1, 0.15) is 0 Å². The third kappa shape index (κ3) is 4.46. The number of hydrogen-bond donors (Lipinski definition) is 2. The van der Waals surface area contributed by atoms with Crippen molar-refractivity contribution in [2.24, 2.45) is 5.73 Å². The van der Waals surface area contributed by atoms with Gasteiger partial charge in [-0.25, -0.2) is 8.42 Å². The van der Waals surface area contributed by atoms with Crippen molar-refractivity contribution < 1.29 is 21.6 Å². The third-order valence-corrected chi connectivity index (χ3v) is 3.66. The highest BCUT2D eigenvalue weighted by Crippen LogP contribution is 2.33. The number of nitrogens with two attached hydrogens (primary N) is 1. The first-order chi connectivity index (χ1) is 8.14. The Labute approximate surface area is 111 Å². The minimum absolute atomic E-state index is 0.116. The molecule has 0 saturated heterocycles. The van der Waals surface area contributed by atoms with Crippen LogP contribution in [0.5, 0.6) is 0 Å². The van der Waals surface area contributed by atoms with Crippen molar-refractivity contribution in [3.8, 4) is 0 Å². The zero-order valence-corrected chi connectivity index (χ0v) is 11.4. The highest BCUT2D eigenvalue weighted by atomic mass is 79.9. The van der Waals surface area contributed by atoms with E-state index in [4.69, 9.17) is 5.73 Å². The van der Waals surface area contributed by atoms with Gasteiger partial charge in [-0.3, -0.25) is 4.72 Å². The van der Waals surface area contributed by atoms with Gasteiger partial charge in [0.25, 0.3) is 0 Å². The predicted octanol–water partition coefficient (Wildman–Crippen LogP) is 2.17. The van der Waals surface area contributed by atoms with Crippen LogP contribution in [0.4, 0.5) is 18.9 Å². The van der Waals surface area contributed by atoms with Crippen molar-refractivity contribution in [2.45, 2.75) is 6.18 Å². The molecule has 0 fully saturated rings. The Hall–Kier alpha value is -0.800. The number of halogens is 4. The molecule has 0 heterocycles. The van der Waals surface area contributed by atoms with Crippen LogP contribution in [0.1, 0.15) is 5.56 Å². The molecule has 0 atom stereocenters. The number of anilines is 1. The second kappa shape index (κ2) is 5.45. The van der Waals surface area contributed by atoms with E-state index in [1.165, 1.54) is 6.07 Å². The van der Waals surface area contributed by atoms with Crippen LogP contribution in [-0.4, -0.2) is 20.7 Å². The van der Waals surface area contributed by atoms with Gasteiger partial charge in [0.2, 0.25) is 10.0 Å². The maximum absolute atomic E-state index is 12.5. The first kappa shape index (κ1) is 15.3. The van der Waals surface area contributed by atoms with Crippen LogP contribution >= 0.6 is 15.9 Å². The largest absolute Gasteiger partial charge is 0.416 e. The summed E-state index contributed by atoms with van der Waals surface area (Å²) in [5.74, 6) is -0.360. The molecular formula is C9H10BrF3N2O2S. The summed E-state index contributed by atoms with van der Waals surface area (Å²) >= 11 is 2.89. The molecule has 0 aliphatic heterocycles. The van der Waals surface area contributed by atoms with Crippen molar-refractivity contribution in [1.29, 1.82) is 0 Å². The number of benzene rings is 1. The Morgan fingerprint density at radius 2 is 1.89 bits per heavy atom. The molecule has 1 aromatic carbocycles. The van der Waals surface area contributed by atoms with Gasteiger partial charge >= 0.3 is 6.18 Å². The van der Waals surface area contributed by atoms with Crippen molar-refractivity contribution >= 4 is 31.6 Å². The van der Waals surface area contributed by atoms with Crippen LogP contribution in [0.25, 0.3) is 0 Å². The first-order valence-electron chi connectivity index (χ1n) is 4.72. The molecule has 0 aliphatic carbocycles. The summed E-state index contributed by atoms with van der Waals surface area (Å²) < 4.78 is 62.5. The fraction of sp³-hybridized carbons (Fsp3) is 0.333. The van der Waals surface area contributed by atoms with Crippen LogP contribution in [0.15, 0.2) is 22.7 Å². The topological polar surface area (TPSA) is 72.2 Å². The molecule has 102 valence electrons. The smallest absolute Gasteiger partial charge is 0.329 e. The monoisotopic (exact) mass is 346 g/mol. The Bertz CT molecular complexity index is 531. The van der Waals surface area contributed by atoms with Crippen molar-refractivity contribution in [3.63, 3.8) is 0 Å². The quantitative estimate of drug-likeness (QED) is 0.877. The molecule has 0 bridgehead atoms. The number of alkyl halides is 3. The van der Waals surface area contributed by atoms with Crippen LogP contribution in [0, 0.1) is 0 Å². The first-order valence-corrected chi connectivity index (χ1v) is 7.17. The molecule has 1 aromatic rings. The highest BCUT2D eigenvalue weighted by molar-refractivity contribution is 9.10. The molecule has 0 saturated carbocycles. The average Bonchev–Trinajstić information content (AvgIpc) is 2.13. The standard InChI is InChI=1S/C9H10BrF3N2O2S/c10-7-3-6(9(11,12)13)4-8(5-7)15-18(16,17)2-1-14/h3-5,15H,1-2,14H2. The molecular weight excluding hydrogens is 337 g/mol. The van der Waals surface area contributed by atoms with Crippen molar-refractivity contribution in [3.05, 3.63) is 28.2 Å². The second-order valence-electron chi connectivity index (χ2n) is 3.44. The Kier molecular flexibility index (Phi) is 4.62. The van der Waals surface area contributed by atoms with E-state index in [0.717, 1.165) is 12.1 Å². The van der Waals surface area contributed by atoms with Gasteiger partial charge in [-0.05, 0) is 18.2 Å². The summed E-state index contributed by atoms with van der Waals surface area (Å²) in [4.78, 5) is 0. The lowest BCUT2D eigenvalue weighted by Gasteiger charge is -2.11. The van der Waals surface area contributed by atoms with Gasteiger partial charge in [-0.15, -0.1) is 0 Å². The number of rotatable bonds is 4. The van der Waals surface area contributed by atoms with E-state index in [2.05, 4.69) is 15.9 Å². The van der Waals surface area contributed by atoms with Crippen LogP contribution < -0.4 is 10.5 Å². The molecule has 1 rings (SSSR count). The minimum Gasteiger partial charge on any atom is -0.329 e. The Balaban J connectivity index is 3.08. The third-order valence-electron chi connectivity index (χ3n) is 1.89. The number of hydrogen-bond acceptors (Lipinski definition) is 3. The SMILES string of the molecule is NCCS(=O)(=O)Nc1cc(Br)cc(C(F)(F)F)c1. The second-order valence-corrected chi connectivity index (χ2v) is 6.19.